The lowest BCUT2D eigenvalue weighted by Crippen LogP contribution is -2.54. The maximum Gasteiger partial charge on any atom is 0.112 e. The van der Waals surface area contributed by atoms with Crippen molar-refractivity contribution in [3.05, 3.63) is 44.8 Å². The molecule has 0 atom stereocenters. The summed E-state index contributed by atoms with van der Waals surface area (Å²) in [4.78, 5) is 5.45. The number of nitrogens with zero attached hydrogens (tertiary/aromatic N) is 1. The highest BCUT2D eigenvalue weighted by atomic mass is 35.5. The molecule has 0 unspecified atom stereocenters. The highest BCUT2D eigenvalue weighted by Gasteiger charge is 2.42. The summed E-state index contributed by atoms with van der Waals surface area (Å²) in [6.07, 6.45) is 1.85. The molecule has 1 aromatic carbocycles. The van der Waals surface area contributed by atoms with Gasteiger partial charge in [-0.25, -0.2) is 4.98 Å². The molecule has 18 heavy (non-hydrogen) atoms. The molecule has 2 heterocycles. The molecule has 1 aliphatic rings. The van der Waals surface area contributed by atoms with E-state index >= 15 is 0 Å². The number of thioether (sulfide) groups is 1. The number of hydrogen-bond donors (Lipinski definition) is 1. The SMILES string of the molecule is Clc1ccc(Cl)c(SC2(c3nccs3)CNC2)c1. The van der Waals surface area contributed by atoms with Gasteiger partial charge in [0.05, 0.1) is 9.77 Å². The average molecular weight is 317 g/mol. The van der Waals surface area contributed by atoms with Crippen LogP contribution in [0.1, 0.15) is 5.01 Å². The maximum absolute atomic E-state index is 6.23. The molecule has 1 aliphatic heterocycles. The van der Waals surface area contributed by atoms with Crippen molar-refractivity contribution in [2.75, 3.05) is 13.1 Å². The fourth-order valence-corrected chi connectivity index (χ4v) is 4.57. The van der Waals surface area contributed by atoms with Crippen LogP contribution in [0.2, 0.25) is 10.0 Å². The first-order valence-corrected chi connectivity index (χ1v) is 7.90. The van der Waals surface area contributed by atoms with Crippen LogP contribution in [0.15, 0.2) is 34.7 Å². The van der Waals surface area contributed by atoms with E-state index in [0.717, 1.165) is 28.0 Å². The predicted molar refractivity (Wildman–Crippen MR) is 79.0 cm³/mol. The van der Waals surface area contributed by atoms with Gasteiger partial charge < -0.3 is 5.32 Å². The van der Waals surface area contributed by atoms with Gasteiger partial charge in [-0.3, -0.25) is 0 Å². The minimum atomic E-state index is 0.00247. The van der Waals surface area contributed by atoms with Gasteiger partial charge in [-0.1, -0.05) is 23.2 Å². The maximum atomic E-state index is 6.23. The first kappa shape index (κ1) is 12.8. The zero-order valence-corrected chi connectivity index (χ0v) is 12.5. The zero-order valence-electron chi connectivity index (χ0n) is 9.32. The molecular weight excluding hydrogens is 307 g/mol. The van der Waals surface area contributed by atoms with Crippen LogP contribution in [0, 0.1) is 0 Å². The van der Waals surface area contributed by atoms with Crippen LogP contribution < -0.4 is 5.32 Å². The molecule has 0 spiro atoms. The Morgan fingerprint density at radius 1 is 1.33 bits per heavy atom. The standard InChI is InChI=1S/C12H10Cl2N2S2/c13-8-1-2-9(14)10(5-8)18-12(6-15-7-12)11-16-3-4-17-11/h1-5,15H,6-7H2. The van der Waals surface area contributed by atoms with Gasteiger partial charge in [-0.05, 0) is 18.2 Å². The van der Waals surface area contributed by atoms with Crippen LogP contribution in [0.4, 0.5) is 0 Å². The Bertz CT molecular complexity index is 553. The second-order valence-electron chi connectivity index (χ2n) is 4.11. The molecule has 0 radical (unpaired) electrons. The van der Waals surface area contributed by atoms with Crippen LogP contribution in [-0.4, -0.2) is 18.1 Å². The third kappa shape index (κ3) is 2.28. The molecule has 1 aromatic heterocycles. The van der Waals surface area contributed by atoms with Gasteiger partial charge in [-0.2, -0.15) is 0 Å². The molecule has 6 heteroatoms. The number of halogens is 2. The predicted octanol–water partition coefficient (Wildman–Crippen LogP) is 4.04. The van der Waals surface area contributed by atoms with E-state index in [9.17, 15) is 0 Å². The minimum Gasteiger partial charge on any atom is -0.313 e. The summed E-state index contributed by atoms with van der Waals surface area (Å²) in [5.74, 6) is 0. The van der Waals surface area contributed by atoms with Gasteiger partial charge in [0.1, 0.15) is 5.01 Å². The largest absolute Gasteiger partial charge is 0.313 e. The lowest BCUT2D eigenvalue weighted by Gasteiger charge is -2.40. The smallest absolute Gasteiger partial charge is 0.112 e. The van der Waals surface area contributed by atoms with Crippen molar-refractivity contribution in [3.63, 3.8) is 0 Å². The lowest BCUT2D eigenvalue weighted by atomic mass is 10.0. The summed E-state index contributed by atoms with van der Waals surface area (Å²) in [7, 11) is 0. The van der Waals surface area contributed by atoms with Crippen LogP contribution in [0.3, 0.4) is 0 Å². The molecule has 0 aliphatic carbocycles. The van der Waals surface area contributed by atoms with Crippen LogP contribution in [0.25, 0.3) is 0 Å². The molecule has 2 aromatic rings. The summed E-state index contributed by atoms with van der Waals surface area (Å²) >= 11 is 15.7. The normalized spacial score (nSPS) is 17.4. The number of hydrogen-bond acceptors (Lipinski definition) is 4. The molecule has 1 fully saturated rings. The minimum absolute atomic E-state index is 0.00247. The van der Waals surface area contributed by atoms with Crippen molar-refractivity contribution in [2.45, 2.75) is 9.64 Å². The van der Waals surface area contributed by atoms with Crippen molar-refractivity contribution in [3.8, 4) is 0 Å². The molecule has 1 N–H and O–H groups in total. The Kier molecular flexibility index (Phi) is 3.56. The van der Waals surface area contributed by atoms with E-state index in [-0.39, 0.29) is 4.75 Å². The molecule has 0 bridgehead atoms. The monoisotopic (exact) mass is 316 g/mol. The fourth-order valence-electron chi connectivity index (χ4n) is 1.83. The second kappa shape index (κ2) is 5.02. The number of rotatable bonds is 3. The topological polar surface area (TPSA) is 24.9 Å². The van der Waals surface area contributed by atoms with Crippen molar-refractivity contribution in [1.82, 2.24) is 10.3 Å². The first-order valence-electron chi connectivity index (χ1n) is 5.44. The van der Waals surface area contributed by atoms with Crippen LogP contribution in [0.5, 0.6) is 0 Å². The number of benzene rings is 1. The highest BCUT2D eigenvalue weighted by molar-refractivity contribution is 8.00. The van der Waals surface area contributed by atoms with E-state index < -0.39 is 0 Å². The van der Waals surface area contributed by atoms with E-state index in [1.54, 1.807) is 23.1 Å². The molecule has 0 amide bonds. The zero-order chi connectivity index (χ0) is 12.6. The van der Waals surface area contributed by atoms with Crippen LogP contribution >= 0.6 is 46.3 Å². The quantitative estimate of drug-likeness (QED) is 0.925. The Hall–Kier alpha value is -0.260. The van der Waals surface area contributed by atoms with Gasteiger partial charge in [0.2, 0.25) is 0 Å². The second-order valence-corrected chi connectivity index (χ2v) is 7.28. The van der Waals surface area contributed by atoms with Crippen molar-refractivity contribution in [2.24, 2.45) is 0 Å². The summed E-state index contributed by atoms with van der Waals surface area (Å²) in [6, 6.07) is 5.57. The van der Waals surface area contributed by atoms with Crippen molar-refractivity contribution < 1.29 is 0 Å². The van der Waals surface area contributed by atoms with Crippen LogP contribution in [-0.2, 0) is 4.75 Å². The third-order valence-electron chi connectivity index (χ3n) is 2.84. The first-order chi connectivity index (χ1) is 8.70. The highest BCUT2D eigenvalue weighted by Crippen LogP contribution is 2.47. The Morgan fingerprint density at radius 3 is 2.78 bits per heavy atom. The van der Waals surface area contributed by atoms with Gasteiger partial charge in [0.15, 0.2) is 0 Å². The van der Waals surface area contributed by atoms with Gasteiger partial charge in [0, 0.05) is 34.6 Å². The summed E-state index contributed by atoms with van der Waals surface area (Å²) in [6.45, 7) is 1.82. The summed E-state index contributed by atoms with van der Waals surface area (Å²) < 4.78 is 0.00247. The lowest BCUT2D eigenvalue weighted by molar-refractivity contribution is 0.403. The Morgan fingerprint density at radius 2 is 2.17 bits per heavy atom. The molecule has 94 valence electrons. The number of thiazole rings is 1. The molecule has 0 saturated carbocycles. The number of nitrogens with one attached hydrogen (secondary N) is 1. The van der Waals surface area contributed by atoms with E-state index in [1.165, 1.54) is 0 Å². The van der Waals surface area contributed by atoms with E-state index in [0.29, 0.717) is 5.02 Å². The van der Waals surface area contributed by atoms with Gasteiger partial charge >= 0.3 is 0 Å². The third-order valence-corrected chi connectivity index (χ3v) is 6.06. The van der Waals surface area contributed by atoms with E-state index in [1.807, 2.05) is 29.8 Å². The average Bonchev–Trinajstić information content (AvgIpc) is 2.82. The summed E-state index contributed by atoms with van der Waals surface area (Å²) in [5.41, 5.74) is 0. The fraction of sp³-hybridized carbons (Fsp3) is 0.250. The molecule has 2 nitrogen and oxygen atoms in total. The summed E-state index contributed by atoms with van der Waals surface area (Å²) in [5, 5.41) is 7.92. The van der Waals surface area contributed by atoms with Crippen molar-refractivity contribution in [1.29, 1.82) is 0 Å². The van der Waals surface area contributed by atoms with E-state index in [4.69, 9.17) is 23.2 Å². The Labute approximate surface area is 124 Å². The van der Waals surface area contributed by atoms with Gasteiger partial charge in [0.25, 0.3) is 0 Å². The van der Waals surface area contributed by atoms with E-state index in [2.05, 4.69) is 10.3 Å². The molecule has 3 rings (SSSR count). The van der Waals surface area contributed by atoms with Gasteiger partial charge in [-0.15, -0.1) is 23.1 Å². The number of aromatic nitrogens is 1. The van der Waals surface area contributed by atoms with Crippen molar-refractivity contribution >= 4 is 46.3 Å². The molecule has 1 saturated heterocycles. The molecular formula is C12H10Cl2N2S2. The Balaban J connectivity index is 1.93.